The molecule has 0 unspecified atom stereocenters. The van der Waals surface area contributed by atoms with Crippen LogP contribution in [0, 0.1) is 0 Å². The summed E-state index contributed by atoms with van der Waals surface area (Å²) in [6, 6.07) is 0. The summed E-state index contributed by atoms with van der Waals surface area (Å²) in [5, 5.41) is 0. The Morgan fingerprint density at radius 2 is 0.882 bits per heavy atom. The Labute approximate surface area is 108 Å². The lowest BCUT2D eigenvalue weighted by atomic mass is 11.1. The van der Waals surface area contributed by atoms with Crippen LogP contribution in [0.1, 0.15) is 0 Å². The van der Waals surface area contributed by atoms with Crippen molar-refractivity contribution in [1.29, 1.82) is 0 Å². The number of rotatable bonds is 4. The van der Waals surface area contributed by atoms with Gasteiger partial charge in [-0.2, -0.15) is 0 Å². The van der Waals surface area contributed by atoms with Crippen molar-refractivity contribution < 1.29 is 9.59 Å². The molecule has 0 spiro atoms. The predicted octanol–water partition coefficient (Wildman–Crippen LogP) is 3.04. The Kier molecular flexibility index (Phi) is 4.91. The molecule has 5 heteroatoms. The van der Waals surface area contributed by atoms with Crippen LogP contribution in [0.3, 0.4) is 0 Å². The van der Waals surface area contributed by atoms with E-state index in [4.69, 9.17) is 0 Å². The highest BCUT2D eigenvalue weighted by molar-refractivity contribution is 7.17. The summed E-state index contributed by atoms with van der Waals surface area (Å²) in [5.74, 6) is 4.36. The standard InChI is InChI=1S/C12H24O2Si3/c1-15(2,3)11(9-13)17(7,8)12(10-14)16(4,5)6/h1-8H3. The molecular weight excluding hydrogens is 260 g/mol. The van der Waals surface area contributed by atoms with Gasteiger partial charge in [-0.05, 0) is 9.64 Å². The smallest absolute Gasteiger partial charge is 0.120 e. The molecule has 0 rings (SSSR count). The SMILES string of the molecule is C[Si](C)(C)C(=C=O)[Si](C)(C)C(=C=O)[Si](C)(C)C. The summed E-state index contributed by atoms with van der Waals surface area (Å²) in [4.78, 5) is 24.5. The van der Waals surface area contributed by atoms with E-state index in [0.717, 1.165) is 9.64 Å². The zero-order valence-electron chi connectivity index (χ0n) is 12.3. The van der Waals surface area contributed by atoms with Gasteiger partial charge in [-0.15, -0.1) is 0 Å². The van der Waals surface area contributed by atoms with Crippen molar-refractivity contribution in [3.05, 3.63) is 9.64 Å². The molecule has 0 radical (unpaired) electrons. The lowest BCUT2D eigenvalue weighted by Crippen LogP contribution is -2.51. The van der Waals surface area contributed by atoms with Crippen LogP contribution >= 0.6 is 0 Å². The molecule has 0 aliphatic carbocycles. The second-order valence-electron chi connectivity index (χ2n) is 7.08. The summed E-state index contributed by atoms with van der Waals surface area (Å²) in [6.07, 6.45) is 0. The van der Waals surface area contributed by atoms with Crippen molar-refractivity contribution >= 4 is 36.1 Å². The van der Waals surface area contributed by atoms with E-state index in [1.165, 1.54) is 0 Å². The van der Waals surface area contributed by atoms with Crippen molar-refractivity contribution in [2.45, 2.75) is 52.4 Å². The maximum atomic E-state index is 11.3. The summed E-state index contributed by atoms with van der Waals surface area (Å²) in [5.41, 5.74) is 0. The molecule has 0 amide bonds. The molecule has 0 aromatic carbocycles. The van der Waals surface area contributed by atoms with Crippen LogP contribution in [-0.2, 0) is 9.59 Å². The average molecular weight is 285 g/mol. The van der Waals surface area contributed by atoms with E-state index in [2.05, 4.69) is 64.3 Å². The molecule has 0 saturated heterocycles. The Bertz CT molecular complexity index is 360. The first-order valence-electron chi connectivity index (χ1n) is 5.91. The van der Waals surface area contributed by atoms with E-state index in [1.54, 1.807) is 0 Å². The minimum atomic E-state index is -2.12. The fourth-order valence-electron chi connectivity index (χ4n) is 2.56. The fraction of sp³-hybridized carbons (Fsp3) is 0.667. The van der Waals surface area contributed by atoms with Crippen molar-refractivity contribution in [2.24, 2.45) is 0 Å². The molecule has 0 bridgehead atoms. The van der Waals surface area contributed by atoms with Gasteiger partial charge < -0.3 is 0 Å². The lowest BCUT2D eigenvalue weighted by Gasteiger charge is -2.36. The second-order valence-corrected chi connectivity index (χ2v) is 22.3. The topological polar surface area (TPSA) is 34.1 Å². The molecule has 17 heavy (non-hydrogen) atoms. The Morgan fingerprint density at radius 1 is 0.647 bits per heavy atom. The van der Waals surface area contributed by atoms with E-state index < -0.39 is 24.2 Å². The lowest BCUT2D eigenvalue weighted by molar-refractivity contribution is 0.568. The first-order valence-corrected chi connectivity index (χ1v) is 15.9. The zero-order chi connectivity index (χ0) is 14.1. The van der Waals surface area contributed by atoms with Gasteiger partial charge in [0, 0.05) is 0 Å². The second kappa shape index (κ2) is 5.04. The molecule has 0 aromatic heterocycles. The van der Waals surface area contributed by atoms with E-state index >= 15 is 0 Å². The van der Waals surface area contributed by atoms with Gasteiger partial charge in [0.15, 0.2) is 0 Å². The van der Waals surface area contributed by atoms with Crippen LogP contribution in [0.5, 0.6) is 0 Å². The van der Waals surface area contributed by atoms with Gasteiger partial charge in [0.1, 0.15) is 20.0 Å². The van der Waals surface area contributed by atoms with E-state index in [9.17, 15) is 9.59 Å². The summed E-state index contributed by atoms with van der Waals surface area (Å²) < 4.78 is 0. The van der Waals surface area contributed by atoms with E-state index in [1.807, 2.05) is 0 Å². The number of hydrogen-bond acceptors (Lipinski definition) is 2. The first-order chi connectivity index (χ1) is 7.39. The van der Waals surface area contributed by atoms with Crippen LogP contribution < -0.4 is 0 Å². The zero-order valence-corrected chi connectivity index (χ0v) is 15.3. The van der Waals surface area contributed by atoms with E-state index in [-0.39, 0.29) is 0 Å². The molecule has 0 saturated carbocycles. The fourth-order valence-corrected chi connectivity index (χ4v) is 20.1. The highest BCUT2D eigenvalue weighted by Crippen LogP contribution is 2.32. The molecule has 0 aromatic rings. The average Bonchev–Trinajstić information content (AvgIpc) is 1.98. The predicted molar refractivity (Wildman–Crippen MR) is 82.6 cm³/mol. The van der Waals surface area contributed by atoms with Crippen LogP contribution in [-0.4, -0.2) is 36.1 Å². The molecule has 2 nitrogen and oxygen atoms in total. The third-order valence-corrected chi connectivity index (χ3v) is 17.1. The number of hydrogen-bond donors (Lipinski definition) is 0. The highest BCUT2D eigenvalue weighted by atomic mass is 28.4. The van der Waals surface area contributed by atoms with Crippen LogP contribution in [0.4, 0.5) is 0 Å². The van der Waals surface area contributed by atoms with Crippen molar-refractivity contribution in [3.63, 3.8) is 0 Å². The van der Waals surface area contributed by atoms with Crippen LogP contribution in [0.2, 0.25) is 52.4 Å². The Hall–Kier alpha value is -0.449. The van der Waals surface area contributed by atoms with Gasteiger partial charge in [-0.25, -0.2) is 9.59 Å². The van der Waals surface area contributed by atoms with E-state index in [0.29, 0.717) is 0 Å². The summed E-state index contributed by atoms with van der Waals surface area (Å²) >= 11 is 0. The Balaban J connectivity index is 5.89. The van der Waals surface area contributed by atoms with Crippen molar-refractivity contribution in [1.82, 2.24) is 0 Å². The van der Waals surface area contributed by atoms with Crippen LogP contribution in [0.15, 0.2) is 9.64 Å². The molecule has 96 valence electrons. The minimum Gasteiger partial charge on any atom is -0.234 e. The third kappa shape index (κ3) is 3.76. The highest BCUT2D eigenvalue weighted by Gasteiger charge is 2.44. The van der Waals surface area contributed by atoms with Crippen molar-refractivity contribution in [2.75, 3.05) is 0 Å². The molecule has 0 fully saturated rings. The van der Waals surface area contributed by atoms with Gasteiger partial charge >= 0.3 is 0 Å². The number of carbonyl (C=O) groups excluding carboxylic acids is 2. The van der Waals surface area contributed by atoms with Gasteiger partial charge in [-0.1, -0.05) is 52.4 Å². The monoisotopic (exact) mass is 284 g/mol. The molecule has 0 heterocycles. The molecular formula is C12H24O2Si3. The molecule has 0 aliphatic heterocycles. The normalized spacial score (nSPS) is 12.7. The summed E-state index contributed by atoms with van der Waals surface area (Å²) in [7, 11) is -5.53. The molecule has 0 aliphatic rings. The molecule has 0 atom stereocenters. The first kappa shape index (κ1) is 16.6. The molecule has 0 N–H and O–H groups in total. The van der Waals surface area contributed by atoms with Crippen LogP contribution in [0.25, 0.3) is 0 Å². The van der Waals surface area contributed by atoms with Gasteiger partial charge in [-0.3, -0.25) is 0 Å². The quantitative estimate of drug-likeness (QED) is 0.587. The largest absolute Gasteiger partial charge is 0.234 e. The Morgan fingerprint density at radius 3 is 1.00 bits per heavy atom. The maximum absolute atomic E-state index is 11.3. The third-order valence-electron chi connectivity index (χ3n) is 2.95. The van der Waals surface area contributed by atoms with Gasteiger partial charge in [0.2, 0.25) is 0 Å². The summed E-state index contributed by atoms with van der Waals surface area (Å²) in [6.45, 7) is 17.1. The van der Waals surface area contributed by atoms with Gasteiger partial charge in [0.05, 0.1) is 16.1 Å². The van der Waals surface area contributed by atoms with Gasteiger partial charge in [0.25, 0.3) is 0 Å². The minimum absolute atomic E-state index is 0.922. The maximum Gasteiger partial charge on any atom is 0.120 e. The van der Waals surface area contributed by atoms with Crippen molar-refractivity contribution in [3.8, 4) is 0 Å².